The summed E-state index contributed by atoms with van der Waals surface area (Å²) in [4.78, 5) is 15.6. The van der Waals surface area contributed by atoms with Crippen LogP contribution in [0.5, 0.6) is 0 Å². The first-order valence-corrected chi connectivity index (χ1v) is 11.7. The molecule has 0 saturated carbocycles. The second-order valence-corrected chi connectivity index (χ2v) is 11.5. The molecule has 2 nitrogen and oxygen atoms in total. The van der Waals surface area contributed by atoms with Crippen LogP contribution in [0.25, 0.3) is 0 Å². The van der Waals surface area contributed by atoms with Crippen LogP contribution in [0.2, 0.25) is 3.43 Å². The summed E-state index contributed by atoms with van der Waals surface area (Å²) < 4.78 is 1.83. The number of pyridine rings is 1. The Balaban J connectivity index is 3.00. The molecule has 1 aromatic rings. The summed E-state index contributed by atoms with van der Waals surface area (Å²) >= 11 is -0.837. The summed E-state index contributed by atoms with van der Waals surface area (Å²) in [6.45, 7) is 6.86. The van der Waals surface area contributed by atoms with E-state index in [-0.39, 0.29) is 0 Å². The molecule has 1 heterocycles. The van der Waals surface area contributed by atoms with Gasteiger partial charge in [0.2, 0.25) is 0 Å². The van der Waals surface area contributed by atoms with E-state index in [0.717, 1.165) is 6.29 Å². The van der Waals surface area contributed by atoms with E-state index < -0.39 is 21.1 Å². The van der Waals surface area contributed by atoms with Crippen LogP contribution in [0.4, 0.5) is 0 Å². The first-order chi connectivity index (χ1) is 10.7. The molecule has 0 saturated heterocycles. The van der Waals surface area contributed by atoms with Crippen molar-refractivity contribution in [2.24, 2.45) is 0 Å². The van der Waals surface area contributed by atoms with Gasteiger partial charge in [-0.25, -0.2) is 0 Å². The fraction of sp³-hybridized carbons (Fsp3) is 0.684. The van der Waals surface area contributed by atoms with Crippen LogP contribution >= 0.6 is 0 Å². The number of carbonyl (C=O) groups excluding carboxylic acids is 1. The molecule has 0 spiro atoms. The molecular formula is C19H31NOSn. The van der Waals surface area contributed by atoms with Crippen LogP contribution in [0.1, 0.15) is 89.0 Å². The third-order valence-corrected chi connectivity index (χ3v) is 10.0. The molecule has 1 aromatic heterocycles. The molecule has 0 unspecified atom stereocenters. The Morgan fingerprint density at radius 1 is 1.05 bits per heavy atom. The van der Waals surface area contributed by atoms with Crippen molar-refractivity contribution >= 4 is 31.0 Å². The zero-order valence-corrected chi connectivity index (χ0v) is 17.4. The van der Waals surface area contributed by atoms with Gasteiger partial charge in [0.1, 0.15) is 0 Å². The van der Waals surface area contributed by atoms with Crippen LogP contribution in [-0.4, -0.2) is 32.4 Å². The van der Waals surface area contributed by atoms with E-state index in [2.05, 4.69) is 31.8 Å². The van der Waals surface area contributed by atoms with E-state index in [1.54, 1.807) is 6.20 Å². The van der Waals surface area contributed by atoms with Crippen molar-refractivity contribution in [3.8, 4) is 0 Å². The minimum atomic E-state index is -0.837. The van der Waals surface area contributed by atoms with Crippen LogP contribution in [-0.2, 0) is 0 Å². The van der Waals surface area contributed by atoms with Crippen molar-refractivity contribution < 1.29 is 4.79 Å². The van der Waals surface area contributed by atoms with Crippen molar-refractivity contribution in [2.75, 3.05) is 0 Å². The third-order valence-electron chi connectivity index (χ3n) is 4.38. The molecule has 0 aliphatic carbocycles. The SMILES string of the molecule is CCCC[C](CCCC)(CCCC)[Sn][c]1cccnc1C=O. The molecule has 0 atom stereocenters. The van der Waals surface area contributed by atoms with Gasteiger partial charge in [0.25, 0.3) is 0 Å². The first-order valence-electron chi connectivity index (χ1n) is 8.89. The van der Waals surface area contributed by atoms with Gasteiger partial charge in [-0.2, -0.15) is 0 Å². The molecule has 0 fully saturated rings. The van der Waals surface area contributed by atoms with Crippen molar-refractivity contribution in [1.82, 2.24) is 4.98 Å². The number of carbonyl (C=O) groups is 1. The molecule has 0 amide bonds. The van der Waals surface area contributed by atoms with E-state index in [0.29, 0.717) is 9.12 Å². The third kappa shape index (κ3) is 6.39. The number of hydrogen-bond donors (Lipinski definition) is 0. The maximum atomic E-state index is 11.3. The molecule has 0 aromatic carbocycles. The van der Waals surface area contributed by atoms with Crippen LogP contribution < -0.4 is 3.58 Å². The Bertz CT molecular complexity index is 411. The molecule has 0 bridgehead atoms. The van der Waals surface area contributed by atoms with Crippen LogP contribution in [0, 0.1) is 0 Å². The molecule has 22 heavy (non-hydrogen) atoms. The Hall–Kier alpha value is -0.381. The van der Waals surface area contributed by atoms with E-state index >= 15 is 0 Å². The summed E-state index contributed by atoms with van der Waals surface area (Å²) in [5, 5.41) is 0. The minimum absolute atomic E-state index is 0.520. The quantitative estimate of drug-likeness (QED) is 0.362. The number of hydrogen-bond acceptors (Lipinski definition) is 2. The van der Waals surface area contributed by atoms with Gasteiger partial charge in [-0.3, -0.25) is 0 Å². The number of aldehydes is 1. The summed E-state index contributed by atoms with van der Waals surface area (Å²) in [5.41, 5.74) is 0.711. The van der Waals surface area contributed by atoms with Gasteiger partial charge in [0.05, 0.1) is 0 Å². The van der Waals surface area contributed by atoms with Gasteiger partial charge in [-0.05, 0) is 0 Å². The predicted octanol–water partition coefficient (Wildman–Crippen LogP) is 4.95. The summed E-state index contributed by atoms with van der Waals surface area (Å²) in [5.74, 6) is 0. The summed E-state index contributed by atoms with van der Waals surface area (Å²) in [7, 11) is 0. The van der Waals surface area contributed by atoms with Gasteiger partial charge in [-0.15, -0.1) is 0 Å². The van der Waals surface area contributed by atoms with Crippen LogP contribution in [0.15, 0.2) is 18.3 Å². The Morgan fingerprint density at radius 2 is 1.59 bits per heavy atom. The molecule has 122 valence electrons. The fourth-order valence-electron chi connectivity index (χ4n) is 3.01. The van der Waals surface area contributed by atoms with Gasteiger partial charge >= 0.3 is 147 Å². The monoisotopic (exact) mass is 409 g/mol. The fourth-order valence-corrected chi connectivity index (χ4v) is 8.46. The van der Waals surface area contributed by atoms with E-state index in [1.807, 2.05) is 6.07 Å². The number of nitrogens with zero attached hydrogens (tertiary/aromatic N) is 1. The molecule has 1 rings (SSSR count). The maximum absolute atomic E-state index is 11.3. The van der Waals surface area contributed by atoms with Gasteiger partial charge in [0, 0.05) is 0 Å². The van der Waals surface area contributed by atoms with Crippen molar-refractivity contribution in [3.63, 3.8) is 0 Å². The van der Waals surface area contributed by atoms with E-state index in [4.69, 9.17) is 0 Å². The standard InChI is InChI=1S/C13H27.C6H4NO.Sn/c1-4-7-10-13(11-8-5-2)12-9-6-3;8-5-6-3-1-2-4-7-6;/h4-12H2,1-3H3;1-2,4-5H;. The second-order valence-electron chi connectivity index (χ2n) is 6.27. The first kappa shape index (κ1) is 19.7. The molecular weight excluding hydrogens is 377 g/mol. The number of aromatic nitrogens is 1. The predicted molar refractivity (Wildman–Crippen MR) is 96.3 cm³/mol. The van der Waals surface area contributed by atoms with Gasteiger partial charge in [-0.1, -0.05) is 0 Å². The van der Waals surface area contributed by atoms with E-state index in [9.17, 15) is 4.79 Å². The molecule has 2 radical (unpaired) electrons. The zero-order chi connectivity index (χ0) is 16.3. The number of unbranched alkanes of at least 4 members (excludes halogenated alkanes) is 3. The number of rotatable bonds is 12. The molecule has 0 aliphatic rings. The van der Waals surface area contributed by atoms with Gasteiger partial charge < -0.3 is 0 Å². The molecule has 3 heteroatoms. The van der Waals surface area contributed by atoms with Crippen molar-refractivity contribution in [1.29, 1.82) is 0 Å². The summed E-state index contributed by atoms with van der Waals surface area (Å²) in [6, 6.07) is 4.18. The van der Waals surface area contributed by atoms with Crippen LogP contribution in [0.3, 0.4) is 0 Å². The Morgan fingerprint density at radius 3 is 2.05 bits per heavy atom. The van der Waals surface area contributed by atoms with E-state index in [1.165, 1.54) is 61.4 Å². The zero-order valence-electron chi connectivity index (χ0n) is 14.5. The second kappa shape index (κ2) is 11.2. The van der Waals surface area contributed by atoms with Crippen molar-refractivity contribution in [2.45, 2.75) is 82.0 Å². The normalized spacial score (nSPS) is 11.6. The topological polar surface area (TPSA) is 30.0 Å². The molecule has 0 N–H and O–H groups in total. The Labute approximate surface area is 146 Å². The van der Waals surface area contributed by atoms with Crippen molar-refractivity contribution in [3.05, 3.63) is 24.0 Å². The molecule has 0 aliphatic heterocycles. The summed E-state index contributed by atoms with van der Waals surface area (Å²) in [6.07, 6.45) is 14.5. The Kier molecular flexibility index (Phi) is 10.0. The van der Waals surface area contributed by atoms with Gasteiger partial charge in [0.15, 0.2) is 0 Å². The average molecular weight is 408 g/mol. The average Bonchev–Trinajstić information content (AvgIpc) is 2.56.